The first-order chi connectivity index (χ1) is 11.2. The van der Waals surface area contributed by atoms with Crippen molar-refractivity contribution in [3.05, 3.63) is 60.4 Å². The predicted molar refractivity (Wildman–Crippen MR) is 92.7 cm³/mol. The number of aromatic amines is 1. The molecule has 0 radical (unpaired) electrons. The Labute approximate surface area is 144 Å². The van der Waals surface area contributed by atoms with E-state index in [0.29, 0.717) is 22.9 Å². The standard InChI is InChI=1S/C17H14FN3O2.ClH/c1-23-17(22)21-16-14(11-5-3-2-4-6-11)19-15(20-16)12-7-9-13(18)10-8-12;/h2-10H,1H3,(H,19,20)(H,21,22);1H. The number of imidazole rings is 1. The van der Waals surface area contributed by atoms with Crippen LogP contribution in [0.2, 0.25) is 0 Å². The number of amides is 1. The Balaban J connectivity index is 0.00000208. The van der Waals surface area contributed by atoms with Crippen molar-refractivity contribution < 1.29 is 13.9 Å². The summed E-state index contributed by atoms with van der Waals surface area (Å²) in [4.78, 5) is 19.1. The molecule has 1 amide bonds. The number of hydrogen-bond acceptors (Lipinski definition) is 3. The average Bonchev–Trinajstić information content (AvgIpc) is 3.00. The van der Waals surface area contributed by atoms with Gasteiger partial charge in [-0.1, -0.05) is 30.3 Å². The molecule has 0 spiro atoms. The summed E-state index contributed by atoms with van der Waals surface area (Å²) in [7, 11) is 1.28. The first-order valence-electron chi connectivity index (χ1n) is 6.93. The maximum atomic E-state index is 13.1. The van der Waals surface area contributed by atoms with Crippen molar-refractivity contribution in [3.8, 4) is 22.6 Å². The first-order valence-corrected chi connectivity index (χ1v) is 6.93. The largest absolute Gasteiger partial charge is 0.453 e. The van der Waals surface area contributed by atoms with E-state index in [1.807, 2.05) is 30.3 Å². The van der Waals surface area contributed by atoms with Gasteiger partial charge in [0, 0.05) is 11.1 Å². The van der Waals surface area contributed by atoms with Gasteiger partial charge >= 0.3 is 6.09 Å². The first kappa shape index (κ1) is 17.5. The normalized spacial score (nSPS) is 9.92. The SMILES string of the molecule is COC(=O)Nc1nc(-c2ccc(F)cc2)[nH]c1-c1ccccc1.Cl. The number of hydrogen-bond donors (Lipinski definition) is 2. The summed E-state index contributed by atoms with van der Waals surface area (Å²) in [5.41, 5.74) is 2.22. The highest BCUT2D eigenvalue weighted by Crippen LogP contribution is 2.29. The zero-order valence-electron chi connectivity index (χ0n) is 12.7. The molecule has 0 unspecified atom stereocenters. The molecular weight excluding hydrogens is 333 g/mol. The molecule has 5 nitrogen and oxygen atoms in total. The number of carbonyl (C=O) groups is 1. The molecule has 24 heavy (non-hydrogen) atoms. The average molecular weight is 348 g/mol. The Kier molecular flexibility index (Phi) is 5.55. The summed E-state index contributed by atoms with van der Waals surface area (Å²) in [6.07, 6.45) is -0.612. The topological polar surface area (TPSA) is 67.0 Å². The van der Waals surface area contributed by atoms with Crippen LogP contribution in [0.4, 0.5) is 15.0 Å². The quantitative estimate of drug-likeness (QED) is 0.734. The van der Waals surface area contributed by atoms with E-state index in [2.05, 4.69) is 20.0 Å². The Bertz CT molecular complexity index is 820. The smallest absolute Gasteiger partial charge is 0.412 e. The van der Waals surface area contributed by atoms with Gasteiger partial charge in [0.1, 0.15) is 11.6 Å². The number of ether oxygens (including phenoxy) is 1. The summed E-state index contributed by atoms with van der Waals surface area (Å²) in [6, 6.07) is 15.4. The predicted octanol–water partition coefficient (Wildman–Crippen LogP) is 4.48. The highest BCUT2D eigenvalue weighted by atomic mass is 35.5. The van der Waals surface area contributed by atoms with Crippen LogP contribution in [0.15, 0.2) is 54.6 Å². The Hall–Kier alpha value is -2.86. The second-order valence-corrected chi connectivity index (χ2v) is 4.80. The lowest BCUT2D eigenvalue weighted by Crippen LogP contribution is -2.11. The van der Waals surface area contributed by atoms with Crippen LogP contribution in [0.1, 0.15) is 0 Å². The molecule has 0 aliphatic carbocycles. The van der Waals surface area contributed by atoms with E-state index in [1.165, 1.54) is 19.2 Å². The van der Waals surface area contributed by atoms with E-state index in [1.54, 1.807) is 12.1 Å². The van der Waals surface area contributed by atoms with Crippen LogP contribution in [0.3, 0.4) is 0 Å². The highest BCUT2D eigenvalue weighted by molar-refractivity contribution is 5.89. The van der Waals surface area contributed by atoms with Gasteiger partial charge in [-0.2, -0.15) is 0 Å². The fourth-order valence-electron chi connectivity index (χ4n) is 2.17. The second kappa shape index (κ2) is 7.61. The molecule has 0 saturated carbocycles. The van der Waals surface area contributed by atoms with E-state index in [4.69, 9.17) is 0 Å². The zero-order chi connectivity index (χ0) is 16.2. The van der Waals surface area contributed by atoms with Gasteiger partial charge in [-0.05, 0) is 24.3 Å². The fraction of sp³-hybridized carbons (Fsp3) is 0.0588. The molecule has 0 bridgehead atoms. The number of nitrogens with zero attached hydrogens (tertiary/aromatic N) is 1. The number of benzene rings is 2. The van der Waals surface area contributed by atoms with Crippen molar-refractivity contribution in [3.63, 3.8) is 0 Å². The van der Waals surface area contributed by atoms with E-state index in [0.717, 1.165) is 5.56 Å². The lowest BCUT2D eigenvalue weighted by atomic mass is 10.1. The summed E-state index contributed by atoms with van der Waals surface area (Å²) < 4.78 is 17.7. The minimum atomic E-state index is -0.612. The lowest BCUT2D eigenvalue weighted by molar-refractivity contribution is 0.187. The molecule has 3 rings (SSSR count). The van der Waals surface area contributed by atoms with Gasteiger partial charge in [-0.15, -0.1) is 12.4 Å². The third-order valence-corrected chi connectivity index (χ3v) is 3.29. The summed E-state index contributed by atoms with van der Waals surface area (Å²) in [5, 5.41) is 2.58. The zero-order valence-corrected chi connectivity index (χ0v) is 13.6. The van der Waals surface area contributed by atoms with E-state index < -0.39 is 6.09 Å². The van der Waals surface area contributed by atoms with Crippen LogP contribution in [-0.4, -0.2) is 23.2 Å². The maximum absolute atomic E-state index is 13.1. The second-order valence-electron chi connectivity index (χ2n) is 4.80. The van der Waals surface area contributed by atoms with Crippen molar-refractivity contribution >= 4 is 24.3 Å². The van der Waals surface area contributed by atoms with Crippen LogP contribution < -0.4 is 5.32 Å². The summed E-state index contributed by atoms with van der Waals surface area (Å²) in [5.74, 6) is 0.550. The van der Waals surface area contributed by atoms with Crippen molar-refractivity contribution in [2.75, 3.05) is 12.4 Å². The lowest BCUT2D eigenvalue weighted by Gasteiger charge is -2.03. The summed E-state index contributed by atoms with van der Waals surface area (Å²) in [6.45, 7) is 0. The van der Waals surface area contributed by atoms with Crippen LogP contribution >= 0.6 is 12.4 Å². The molecule has 7 heteroatoms. The monoisotopic (exact) mass is 347 g/mol. The number of methoxy groups -OCH3 is 1. The van der Waals surface area contributed by atoms with E-state index in [9.17, 15) is 9.18 Å². The Morgan fingerprint density at radius 2 is 1.75 bits per heavy atom. The molecule has 0 aliphatic heterocycles. The van der Waals surface area contributed by atoms with Gasteiger partial charge in [0.25, 0.3) is 0 Å². The molecule has 124 valence electrons. The third-order valence-electron chi connectivity index (χ3n) is 3.29. The van der Waals surface area contributed by atoms with E-state index >= 15 is 0 Å². The molecular formula is C17H15ClFN3O2. The number of carbonyl (C=O) groups excluding carboxylic acids is 1. The Morgan fingerprint density at radius 1 is 1.08 bits per heavy atom. The molecule has 2 N–H and O–H groups in total. The van der Waals surface area contributed by atoms with Crippen LogP contribution in [-0.2, 0) is 4.74 Å². The molecule has 0 aliphatic rings. The molecule has 0 atom stereocenters. The molecule has 0 fully saturated rings. The highest BCUT2D eigenvalue weighted by Gasteiger charge is 2.15. The number of aromatic nitrogens is 2. The Morgan fingerprint density at radius 3 is 2.38 bits per heavy atom. The van der Waals surface area contributed by atoms with Crippen LogP contribution in [0.5, 0.6) is 0 Å². The number of anilines is 1. The van der Waals surface area contributed by atoms with Crippen LogP contribution in [0, 0.1) is 5.82 Å². The molecule has 0 saturated heterocycles. The molecule has 3 aromatic rings. The van der Waals surface area contributed by atoms with Crippen molar-refractivity contribution in [1.29, 1.82) is 0 Å². The molecule has 1 heterocycles. The number of nitrogens with one attached hydrogen (secondary N) is 2. The number of halogens is 2. The van der Waals surface area contributed by atoms with Gasteiger partial charge in [-0.3, -0.25) is 5.32 Å². The van der Waals surface area contributed by atoms with Gasteiger partial charge in [0.2, 0.25) is 0 Å². The molecule has 2 aromatic carbocycles. The third kappa shape index (κ3) is 3.72. The van der Waals surface area contributed by atoms with E-state index in [-0.39, 0.29) is 18.2 Å². The number of H-pyrrole nitrogens is 1. The van der Waals surface area contributed by atoms with Gasteiger partial charge in [0.15, 0.2) is 5.82 Å². The fourth-order valence-corrected chi connectivity index (χ4v) is 2.17. The van der Waals surface area contributed by atoms with Crippen molar-refractivity contribution in [1.82, 2.24) is 9.97 Å². The summed E-state index contributed by atoms with van der Waals surface area (Å²) >= 11 is 0. The minimum absolute atomic E-state index is 0. The van der Waals surface area contributed by atoms with Gasteiger partial charge in [-0.25, -0.2) is 14.2 Å². The maximum Gasteiger partial charge on any atom is 0.412 e. The molecule has 1 aromatic heterocycles. The van der Waals surface area contributed by atoms with Crippen LogP contribution in [0.25, 0.3) is 22.6 Å². The number of rotatable bonds is 3. The van der Waals surface area contributed by atoms with Gasteiger partial charge < -0.3 is 9.72 Å². The minimum Gasteiger partial charge on any atom is -0.453 e. The van der Waals surface area contributed by atoms with Crippen molar-refractivity contribution in [2.45, 2.75) is 0 Å². The van der Waals surface area contributed by atoms with Crippen molar-refractivity contribution in [2.24, 2.45) is 0 Å². The van der Waals surface area contributed by atoms with Gasteiger partial charge in [0.05, 0.1) is 12.8 Å².